The molecule has 24 N–H and O–H groups in total. The van der Waals surface area contributed by atoms with Gasteiger partial charge >= 0.3 is 0 Å². The second-order valence-electron chi connectivity index (χ2n) is 12.7. The normalized spacial score (nSPS) is 7.10. The summed E-state index contributed by atoms with van der Waals surface area (Å²) in [5.41, 5.74) is 32.9. The highest BCUT2D eigenvalue weighted by atomic mass is 16.3. The number of hydrogen-bond acceptors (Lipinski definition) is 22. The van der Waals surface area contributed by atoms with Crippen LogP contribution in [0, 0.1) is 23.7 Å². The molecule has 1 aliphatic heterocycles. The number of amides is 1. The lowest BCUT2D eigenvalue weighted by molar-refractivity contribution is -0.129. The molecule has 1 saturated heterocycles. The largest absolute Gasteiger partial charge is 0.394 e. The Kier molecular flexibility index (Phi) is 730. The minimum Gasteiger partial charge on any atom is -0.394 e. The maximum absolute atomic E-state index is 10.7. The fourth-order valence-electron chi connectivity index (χ4n) is 1.92. The van der Waals surface area contributed by atoms with Gasteiger partial charge in [0.05, 0.1) is 0 Å². The van der Waals surface area contributed by atoms with Crippen molar-refractivity contribution >= 4 is 73.8 Å². The van der Waals surface area contributed by atoms with E-state index in [0.717, 1.165) is 43.2 Å². The molecule has 2 rings (SSSR count). The zero-order valence-electron chi connectivity index (χ0n) is 57.5. The standard InChI is InChI=1S/C8H10.C7H13NO.4C5H12.C3H8O.C2H6.7CH5N.10CH2O.3H3N/c1-2-8-6-4-3-5-7-8;1-7(9)8-5-3-2-4-6-8;4*1-4-5(2)3;1-3(2)4;18*1-2;;;/h3-7H,2H2,1H3;2-6H2,1H3;4*5H,4H2,1-3H3;3-4H,1-2H3;1-2H3;7*2H2,1H3;10*1H2;3*1H3. The molecule has 1 aliphatic rings. The second-order valence-corrected chi connectivity index (χ2v) is 12.7. The first-order chi connectivity index (χ1) is 37.0. The van der Waals surface area contributed by atoms with Crippen LogP contribution in [0.2, 0.25) is 0 Å². The summed E-state index contributed by atoms with van der Waals surface area (Å²) in [5, 5.41) is 8.06. The Hall–Kier alpha value is -5.05. The Bertz CT molecular complexity index is 725. The highest BCUT2D eigenvalue weighted by Crippen LogP contribution is 2.07. The Morgan fingerprint density at radius 2 is 0.537 bits per heavy atom. The van der Waals surface area contributed by atoms with E-state index in [9.17, 15) is 4.79 Å². The van der Waals surface area contributed by atoms with Gasteiger partial charge in [-0.25, -0.2) is 0 Å². The van der Waals surface area contributed by atoms with Crippen molar-refractivity contribution in [2.24, 2.45) is 63.8 Å². The molecular formula is C57H149N11O12. The highest BCUT2D eigenvalue weighted by molar-refractivity contribution is 5.73. The van der Waals surface area contributed by atoms with Gasteiger partial charge in [-0.3, -0.25) is 4.79 Å². The van der Waals surface area contributed by atoms with Gasteiger partial charge in [0, 0.05) is 26.1 Å². The number of benzene rings is 1. The molecule has 1 aromatic carbocycles. The number of aliphatic hydroxyl groups excluding tert-OH is 1. The molecule has 23 heteroatoms. The van der Waals surface area contributed by atoms with Gasteiger partial charge in [-0.15, -0.1) is 0 Å². The van der Waals surface area contributed by atoms with E-state index in [1.54, 1.807) is 20.8 Å². The van der Waals surface area contributed by atoms with E-state index in [0.29, 0.717) is 0 Å². The minimum absolute atomic E-state index is 0. The first kappa shape index (κ1) is 171. The van der Waals surface area contributed by atoms with E-state index in [-0.39, 0.29) is 30.5 Å². The predicted octanol–water partition coefficient (Wildman–Crippen LogP) is 8.55. The smallest absolute Gasteiger partial charge is 0.219 e. The van der Waals surface area contributed by atoms with Gasteiger partial charge in [0.2, 0.25) is 5.91 Å². The number of piperidine rings is 1. The number of hydrogen-bond donors (Lipinski definition) is 11. The number of aliphatic hydroxyl groups is 1. The maximum atomic E-state index is 10.7. The molecule has 23 nitrogen and oxygen atoms in total. The Balaban J connectivity index is -0.0000000162. The van der Waals surface area contributed by atoms with Gasteiger partial charge in [0.15, 0.2) is 0 Å². The molecule has 0 bridgehead atoms. The van der Waals surface area contributed by atoms with Crippen LogP contribution in [0.4, 0.5) is 0 Å². The van der Waals surface area contributed by atoms with Crippen LogP contribution < -0.4 is 58.6 Å². The van der Waals surface area contributed by atoms with E-state index in [2.05, 4.69) is 154 Å². The van der Waals surface area contributed by atoms with E-state index < -0.39 is 0 Å². The summed E-state index contributed by atoms with van der Waals surface area (Å²) in [7, 11) is 10.5. The van der Waals surface area contributed by atoms with Crippen molar-refractivity contribution in [3.05, 3.63) is 35.9 Å². The molecule has 0 aromatic heterocycles. The third kappa shape index (κ3) is 607. The van der Waals surface area contributed by atoms with Gasteiger partial charge in [-0.2, -0.15) is 0 Å². The molecule has 0 spiro atoms. The van der Waals surface area contributed by atoms with Crippen molar-refractivity contribution in [2.75, 3.05) is 62.4 Å². The van der Waals surface area contributed by atoms with Crippen molar-refractivity contribution in [1.82, 2.24) is 23.4 Å². The van der Waals surface area contributed by atoms with E-state index >= 15 is 0 Å². The highest BCUT2D eigenvalue weighted by Gasteiger charge is 2.11. The lowest BCUT2D eigenvalue weighted by atomic mass is 10.1. The number of nitrogens with two attached hydrogens (primary N) is 7. The summed E-state index contributed by atoms with van der Waals surface area (Å²) in [4.78, 5) is 92.6. The summed E-state index contributed by atoms with van der Waals surface area (Å²) < 4.78 is 0. The molecule has 0 saturated carbocycles. The van der Waals surface area contributed by atoms with Crippen LogP contribution in [0.1, 0.15) is 175 Å². The molecule has 80 heavy (non-hydrogen) atoms. The summed E-state index contributed by atoms with van der Waals surface area (Å²) >= 11 is 0. The number of likely N-dealkylation sites (tertiary alicyclic amines) is 1. The van der Waals surface area contributed by atoms with Crippen LogP contribution in [0.3, 0.4) is 0 Å². The van der Waals surface area contributed by atoms with Crippen molar-refractivity contribution in [2.45, 2.75) is 182 Å². The fourth-order valence-corrected chi connectivity index (χ4v) is 1.92. The average Bonchev–Trinajstić information content (AvgIpc) is 3.55. The van der Waals surface area contributed by atoms with Gasteiger partial charge in [-0.05, 0) is 118 Å². The average molecular weight is 1180 g/mol. The molecule has 1 heterocycles. The number of carbonyl (C=O) groups excluding carboxylic acids is 11. The molecule has 0 radical (unpaired) electrons. The molecule has 1 amide bonds. The van der Waals surface area contributed by atoms with Crippen molar-refractivity contribution < 1.29 is 57.8 Å². The van der Waals surface area contributed by atoms with Gasteiger partial charge in [-0.1, -0.05) is 160 Å². The first-order valence-electron chi connectivity index (χ1n) is 25.0. The third-order valence-corrected chi connectivity index (χ3v) is 6.32. The van der Waals surface area contributed by atoms with Crippen LogP contribution in [0.5, 0.6) is 0 Å². The Morgan fingerprint density at radius 3 is 0.613 bits per heavy atom. The lowest BCUT2D eigenvalue weighted by Gasteiger charge is -2.24. The molecule has 0 unspecified atom stereocenters. The minimum atomic E-state index is -0.167. The van der Waals surface area contributed by atoms with E-state index in [4.69, 9.17) is 53.1 Å². The zero-order valence-corrected chi connectivity index (χ0v) is 57.5. The lowest BCUT2D eigenvalue weighted by Crippen LogP contribution is -2.33. The number of carbonyl (C=O) groups is 11. The van der Waals surface area contributed by atoms with Gasteiger partial charge in [0.25, 0.3) is 0 Å². The van der Waals surface area contributed by atoms with Crippen LogP contribution in [0.25, 0.3) is 0 Å². The number of rotatable bonds is 5. The second kappa shape index (κ2) is 341. The molecule has 0 atom stereocenters. The van der Waals surface area contributed by atoms with Crippen LogP contribution >= 0.6 is 0 Å². The SMILES string of the molecule is C=O.C=O.C=O.C=O.C=O.C=O.C=O.C=O.C=O.C=O.CC.CC(=O)N1CCCCC1.CC(C)O.CCC(C)C.CCC(C)C.CCC(C)C.CCC(C)C.CCc1ccccc1.CN.CN.CN.CN.CN.CN.CN.N.N.N. The summed E-state index contributed by atoms with van der Waals surface area (Å²) in [6, 6.07) is 10.5. The first-order valence-corrected chi connectivity index (χ1v) is 25.0. The maximum Gasteiger partial charge on any atom is 0.219 e. The van der Waals surface area contributed by atoms with E-state index in [1.165, 1.54) is 99.8 Å². The van der Waals surface area contributed by atoms with Gasteiger partial charge < -0.3 is 117 Å². The van der Waals surface area contributed by atoms with Gasteiger partial charge in [0.1, 0.15) is 67.9 Å². The van der Waals surface area contributed by atoms with Crippen molar-refractivity contribution in [3.63, 3.8) is 0 Å². The van der Waals surface area contributed by atoms with Crippen molar-refractivity contribution in [3.8, 4) is 0 Å². The number of aryl methyl sites for hydroxylation is 1. The predicted molar refractivity (Wildman–Crippen MR) is 358 cm³/mol. The molecule has 504 valence electrons. The van der Waals surface area contributed by atoms with E-state index in [1.807, 2.05) is 92.7 Å². The Labute approximate surface area is 497 Å². The van der Waals surface area contributed by atoms with Crippen molar-refractivity contribution in [1.29, 1.82) is 0 Å². The summed E-state index contributed by atoms with van der Waals surface area (Å²) in [6.45, 7) is 59.8. The summed E-state index contributed by atoms with van der Waals surface area (Å²) in [5.74, 6) is 3.77. The third-order valence-electron chi connectivity index (χ3n) is 6.32. The zero-order chi connectivity index (χ0) is 69.2. The topological polar surface area (TPSA) is 498 Å². The molecule has 1 aromatic rings. The molecule has 0 aliphatic carbocycles. The molecule has 1 fully saturated rings. The summed E-state index contributed by atoms with van der Waals surface area (Å²) in [6.07, 6.45) is 9.88. The quantitative estimate of drug-likeness (QED) is 0.131. The molecular weight excluding hydrogens is 1030 g/mol. The Morgan fingerprint density at radius 1 is 0.400 bits per heavy atom. The number of nitrogens with zero attached hydrogens (tertiary/aromatic N) is 1. The van der Waals surface area contributed by atoms with Crippen LogP contribution in [0.15, 0.2) is 30.3 Å². The fraction of sp³-hybridized carbons (Fsp3) is 0.702. The van der Waals surface area contributed by atoms with Crippen LogP contribution in [-0.4, -0.2) is 152 Å². The monoisotopic (exact) mass is 1180 g/mol. The van der Waals surface area contributed by atoms with Crippen LogP contribution in [-0.2, 0) is 59.2 Å².